The van der Waals surface area contributed by atoms with Crippen LogP contribution in [0.15, 0.2) is 18.2 Å². The number of nitrogens with two attached hydrogens (primary N) is 1. The normalized spacial score (nSPS) is 11.9. The van der Waals surface area contributed by atoms with Crippen LogP contribution in [0.4, 0.5) is 5.69 Å². The molecule has 1 aromatic carbocycles. The first-order valence-corrected chi connectivity index (χ1v) is 5.74. The van der Waals surface area contributed by atoms with Crippen LogP contribution < -0.4 is 5.73 Å². The van der Waals surface area contributed by atoms with E-state index in [0.717, 1.165) is 5.56 Å². The van der Waals surface area contributed by atoms with Gasteiger partial charge in [-0.2, -0.15) is 0 Å². The highest BCUT2D eigenvalue weighted by molar-refractivity contribution is 5.97. The van der Waals surface area contributed by atoms with Crippen molar-refractivity contribution < 1.29 is 14.7 Å². The second-order valence-corrected chi connectivity index (χ2v) is 4.25. The summed E-state index contributed by atoms with van der Waals surface area (Å²) in [6.45, 7) is 3.54. The predicted molar refractivity (Wildman–Crippen MR) is 69.4 cm³/mol. The van der Waals surface area contributed by atoms with Crippen molar-refractivity contribution in [3.05, 3.63) is 29.3 Å². The maximum Gasteiger partial charge on any atom is 0.326 e. The maximum atomic E-state index is 12.1. The van der Waals surface area contributed by atoms with Gasteiger partial charge in [0.2, 0.25) is 0 Å². The van der Waals surface area contributed by atoms with Gasteiger partial charge in [-0.25, -0.2) is 4.79 Å². The molecule has 0 aliphatic rings. The van der Waals surface area contributed by atoms with Crippen molar-refractivity contribution in [3.8, 4) is 0 Å². The molecule has 3 N–H and O–H groups in total. The molecular formula is C13H18N2O3. The largest absolute Gasteiger partial charge is 0.480 e. The number of nitrogens with zero attached hydrogens (tertiary/aromatic N) is 1. The monoisotopic (exact) mass is 250 g/mol. The quantitative estimate of drug-likeness (QED) is 0.793. The van der Waals surface area contributed by atoms with E-state index in [9.17, 15) is 9.59 Å². The van der Waals surface area contributed by atoms with E-state index in [-0.39, 0.29) is 5.91 Å². The van der Waals surface area contributed by atoms with Crippen LogP contribution in [0.25, 0.3) is 0 Å². The number of rotatable bonds is 4. The third-order valence-corrected chi connectivity index (χ3v) is 2.98. The number of carbonyl (C=O) groups excluding carboxylic acids is 1. The van der Waals surface area contributed by atoms with Crippen LogP contribution in [0, 0.1) is 6.92 Å². The zero-order chi connectivity index (χ0) is 13.9. The fraction of sp³-hybridized carbons (Fsp3) is 0.385. The highest BCUT2D eigenvalue weighted by Gasteiger charge is 2.25. The second kappa shape index (κ2) is 5.53. The molecule has 0 spiro atoms. The molecule has 0 fully saturated rings. The van der Waals surface area contributed by atoms with Gasteiger partial charge in [-0.3, -0.25) is 4.79 Å². The molecule has 0 heterocycles. The topological polar surface area (TPSA) is 83.6 Å². The smallest absolute Gasteiger partial charge is 0.326 e. The number of aryl methyl sites for hydroxylation is 1. The summed E-state index contributed by atoms with van der Waals surface area (Å²) in [5.74, 6) is -1.31. The third kappa shape index (κ3) is 2.80. The number of aliphatic carboxylic acids is 1. The zero-order valence-corrected chi connectivity index (χ0v) is 10.8. The number of likely N-dealkylation sites (N-methyl/N-ethyl adjacent to an activating group) is 1. The van der Waals surface area contributed by atoms with Crippen LogP contribution in [-0.4, -0.2) is 35.0 Å². The Morgan fingerprint density at radius 2 is 2.06 bits per heavy atom. The molecule has 1 unspecified atom stereocenters. The Morgan fingerprint density at radius 3 is 2.50 bits per heavy atom. The van der Waals surface area contributed by atoms with E-state index in [4.69, 9.17) is 10.8 Å². The van der Waals surface area contributed by atoms with Crippen LogP contribution in [0.1, 0.15) is 29.3 Å². The van der Waals surface area contributed by atoms with E-state index >= 15 is 0 Å². The summed E-state index contributed by atoms with van der Waals surface area (Å²) in [5.41, 5.74) is 7.54. The van der Waals surface area contributed by atoms with Crippen molar-refractivity contribution in [3.63, 3.8) is 0 Å². The lowest BCUT2D eigenvalue weighted by molar-refractivity contribution is -0.142. The fourth-order valence-corrected chi connectivity index (χ4v) is 1.77. The molecular weight excluding hydrogens is 232 g/mol. The Hall–Kier alpha value is -2.04. The summed E-state index contributed by atoms with van der Waals surface area (Å²) in [6, 6.07) is 4.12. The van der Waals surface area contributed by atoms with Crippen molar-refractivity contribution in [1.82, 2.24) is 4.90 Å². The van der Waals surface area contributed by atoms with Crippen molar-refractivity contribution in [1.29, 1.82) is 0 Å². The molecule has 1 rings (SSSR count). The first-order chi connectivity index (χ1) is 8.38. The lowest BCUT2D eigenvalue weighted by Gasteiger charge is -2.24. The standard InChI is InChI=1S/C13H18N2O3/c1-4-11(13(17)18)15(3)12(16)9-5-6-10(14)8(2)7-9/h5-7,11H,4,14H2,1-3H3,(H,17,18). The van der Waals surface area contributed by atoms with E-state index in [1.54, 1.807) is 32.0 Å². The Morgan fingerprint density at radius 1 is 1.44 bits per heavy atom. The first-order valence-electron chi connectivity index (χ1n) is 5.74. The van der Waals surface area contributed by atoms with Gasteiger partial charge in [0, 0.05) is 18.3 Å². The van der Waals surface area contributed by atoms with Crippen molar-refractivity contribution in [2.45, 2.75) is 26.3 Å². The van der Waals surface area contributed by atoms with Gasteiger partial charge >= 0.3 is 5.97 Å². The number of anilines is 1. The summed E-state index contributed by atoms with van der Waals surface area (Å²) in [5, 5.41) is 9.02. The highest BCUT2D eigenvalue weighted by Crippen LogP contribution is 2.15. The van der Waals surface area contributed by atoms with Crippen LogP contribution in [0.3, 0.4) is 0 Å². The van der Waals surface area contributed by atoms with Gasteiger partial charge in [0.15, 0.2) is 0 Å². The minimum Gasteiger partial charge on any atom is -0.480 e. The number of hydrogen-bond donors (Lipinski definition) is 2. The molecule has 1 atom stereocenters. The number of nitrogen functional groups attached to an aromatic ring is 1. The lowest BCUT2D eigenvalue weighted by Crippen LogP contribution is -2.41. The maximum absolute atomic E-state index is 12.1. The van der Waals surface area contributed by atoms with E-state index in [1.807, 2.05) is 0 Å². The Bertz CT molecular complexity index is 471. The van der Waals surface area contributed by atoms with Crippen LogP contribution in [0.5, 0.6) is 0 Å². The van der Waals surface area contributed by atoms with Crippen LogP contribution in [-0.2, 0) is 4.79 Å². The van der Waals surface area contributed by atoms with Gasteiger partial charge in [0.25, 0.3) is 5.91 Å². The molecule has 0 aliphatic heterocycles. The fourth-order valence-electron chi connectivity index (χ4n) is 1.77. The number of hydrogen-bond acceptors (Lipinski definition) is 3. The van der Waals surface area contributed by atoms with Crippen LogP contribution in [0.2, 0.25) is 0 Å². The highest BCUT2D eigenvalue weighted by atomic mass is 16.4. The van der Waals surface area contributed by atoms with Gasteiger partial charge in [0.1, 0.15) is 6.04 Å². The number of carboxylic acids is 1. The lowest BCUT2D eigenvalue weighted by atomic mass is 10.1. The van der Waals surface area contributed by atoms with Gasteiger partial charge in [0.05, 0.1) is 0 Å². The zero-order valence-electron chi connectivity index (χ0n) is 10.8. The average Bonchev–Trinajstić information content (AvgIpc) is 2.32. The molecule has 18 heavy (non-hydrogen) atoms. The Kier molecular flexibility index (Phi) is 4.31. The van der Waals surface area contributed by atoms with E-state index in [2.05, 4.69) is 0 Å². The molecule has 0 bridgehead atoms. The summed E-state index contributed by atoms with van der Waals surface area (Å²) in [4.78, 5) is 24.4. The number of carbonyl (C=O) groups is 2. The van der Waals surface area contributed by atoms with Gasteiger partial charge in [-0.15, -0.1) is 0 Å². The third-order valence-electron chi connectivity index (χ3n) is 2.98. The van der Waals surface area contributed by atoms with Crippen molar-refractivity contribution in [2.24, 2.45) is 0 Å². The molecule has 5 nitrogen and oxygen atoms in total. The van der Waals surface area contributed by atoms with Crippen LogP contribution >= 0.6 is 0 Å². The molecule has 98 valence electrons. The predicted octanol–water partition coefficient (Wildman–Crippen LogP) is 1.51. The molecule has 1 aromatic rings. The summed E-state index contributed by atoms with van der Waals surface area (Å²) in [7, 11) is 1.50. The molecule has 0 aliphatic carbocycles. The molecule has 5 heteroatoms. The van der Waals surface area contributed by atoms with Crippen molar-refractivity contribution in [2.75, 3.05) is 12.8 Å². The summed E-state index contributed by atoms with van der Waals surface area (Å²) in [6.07, 6.45) is 0.367. The molecule has 0 saturated carbocycles. The van der Waals surface area contributed by atoms with E-state index < -0.39 is 12.0 Å². The van der Waals surface area contributed by atoms with E-state index in [1.165, 1.54) is 11.9 Å². The van der Waals surface area contributed by atoms with Crippen molar-refractivity contribution >= 4 is 17.6 Å². The number of carboxylic acid groups (broad SMARTS) is 1. The first kappa shape index (κ1) is 14.0. The number of benzene rings is 1. The Balaban J connectivity index is 2.99. The Labute approximate surface area is 106 Å². The summed E-state index contributed by atoms with van der Waals surface area (Å²) < 4.78 is 0. The van der Waals surface area contributed by atoms with Gasteiger partial charge in [-0.1, -0.05) is 6.92 Å². The molecule has 1 amide bonds. The molecule has 0 saturated heterocycles. The average molecular weight is 250 g/mol. The van der Waals surface area contributed by atoms with E-state index in [0.29, 0.717) is 17.7 Å². The minimum absolute atomic E-state index is 0.313. The number of amides is 1. The minimum atomic E-state index is -1.000. The molecule has 0 aromatic heterocycles. The molecule has 0 radical (unpaired) electrons. The second-order valence-electron chi connectivity index (χ2n) is 4.25. The summed E-state index contributed by atoms with van der Waals surface area (Å²) >= 11 is 0. The van der Waals surface area contributed by atoms with Gasteiger partial charge < -0.3 is 15.7 Å². The van der Waals surface area contributed by atoms with Gasteiger partial charge in [-0.05, 0) is 37.1 Å². The SMILES string of the molecule is CCC(C(=O)O)N(C)C(=O)c1ccc(N)c(C)c1.